The summed E-state index contributed by atoms with van der Waals surface area (Å²) in [7, 11) is 0. The lowest BCUT2D eigenvalue weighted by molar-refractivity contribution is -0.144. The maximum Gasteiger partial charge on any atom is 0.296 e. The van der Waals surface area contributed by atoms with Gasteiger partial charge in [0.25, 0.3) is 17.6 Å². The number of benzene rings is 2. The molecule has 2 atom stereocenters. The summed E-state index contributed by atoms with van der Waals surface area (Å²) < 4.78 is 11.3. The number of carbonyl (C=O) groups is 3. The number of aliphatic hydroxyl groups is 1. The number of Topliss-reactive ketones (excluding diaryl/α,β-unsaturated/α-hetero) is 1. The number of hydrogen-bond acceptors (Lipinski definition) is 7. The van der Waals surface area contributed by atoms with Crippen molar-refractivity contribution in [3.63, 3.8) is 0 Å². The third kappa shape index (κ3) is 3.86. The van der Waals surface area contributed by atoms with E-state index >= 15 is 0 Å². The molecule has 0 unspecified atom stereocenters. The van der Waals surface area contributed by atoms with Gasteiger partial charge in [0, 0.05) is 50.3 Å². The number of rotatable bonds is 6. The van der Waals surface area contributed by atoms with Gasteiger partial charge in [-0.25, -0.2) is 0 Å². The van der Waals surface area contributed by atoms with E-state index in [0.717, 1.165) is 11.3 Å². The van der Waals surface area contributed by atoms with Gasteiger partial charge < -0.3 is 24.4 Å². The average molecular weight is 532 g/mol. The highest BCUT2D eigenvalue weighted by atomic mass is 16.5. The Morgan fingerprint density at radius 3 is 2.59 bits per heavy atom. The fourth-order valence-electron chi connectivity index (χ4n) is 6.39. The summed E-state index contributed by atoms with van der Waals surface area (Å²) in [6.07, 6.45) is 1.37. The molecule has 0 aromatic heterocycles. The SMILES string of the molecule is CCCN1C(=O)[C@@]2(C(=C(O)c3ccc4c(c3)C[C@H](C)O4)C(=O)C(=O)N2CCN2CCOCC2)c2ccccc21. The molecule has 2 amide bonds. The van der Waals surface area contributed by atoms with E-state index in [1.54, 1.807) is 35.2 Å². The summed E-state index contributed by atoms with van der Waals surface area (Å²) >= 11 is 0. The Kier molecular flexibility index (Phi) is 6.43. The molecule has 4 heterocycles. The van der Waals surface area contributed by atoms with Crippen molar-refractivity contribution in [3.05, 3.63) is 64.7 Å². The molecule has 0 bridgehead atoms. The van der Waals surface area contributed by atoms with Crippen molar-refractivity contribution >= 4 is 29.0 Å². The minimum absolute atomic E-state index is 0.00708. The van der Waals surface area contributed by atoms with Crippen molar-refractivity contribution in [1.82, 2.24) is 9.80 Å². The zero-order valence-electron chi connectivity index (χ0n) is 22.3. The molecule has 0 radical (unpaired) electrons. The summed E-state index contributed by atoms with van der Waals surface area (Å²) in [6, 6.07) is 12.5. The van der Waals surface area contributed by atoms with Crippen LogP contribution in [0.2, 0.25) is 0 Å². The molecule has 1 spiro atoms. The highest BCUT2D eigenvalue weighted by Gasteiger charge is 2.67. The lowest BCUT2D eigenvalue weighted by Crippen LogP contribution is -2.54. The Morgan fingerprint density at radius 2 is 1.82 bits per heavy atom. The van der Waals surface area contributed by atoms with Gasteiger partial charge in [-0.2, -0.15) is 0 Å². The van der Waals surface area contributed by atoms with Crippen LogP contribution in [0.25, 0.3) is 5.76 Å². The van der Waals surface area contributed by atoms with Crippen LogP contribution in [0.5, 0.6) is 5.75 Å². The summed E-state index contributed by atoms with van der Waals surface area (Å²) in [5.74, 6) is -1.61. The maximum atomic E-state index is 14.5. The summed E-state index contributed by atoms with van der Waals surface area (Å²) in [4.78, 5) is 47.2. The van der Waals surface area contributed by atoms with Gasteiger partial charge in [0.15, 0.2) is 5.54 Å². The van der Waals surface area contributed by atoms with Gasteiger partial charge >= 0.3 is 0 Å². The molecule has 2 aromatic rings. The molecule has 1 N–H and O–H groups in total. The molecule has 4 aliphatic heterocycles. The number of anilines is 1. The van der Waals surface area contributed by atoms with Crippen molar-refractivity contribution in [2.45, 2.75) is 38.3 Å². The monoisotopic (exact) mass is 531 g/mol. The lowest BCUT2D eigenvalue weighted by atomic mass is 9.81. The van der Waals surface area contributed by atoms with Gasteiger partial charge in [0.05, 0.1) is 24.5 Å². The zero-order chi connectivity index (χ0) is 27.3. The summed E-state index contributed by atoms with van der Waals surface area (Å²) in [6.45, 7) is 7.62. The van der Waals surface area contributed by atoms with E-state index in [9.17, 15) is 19.5 Å². The first-order valence-electron chi connectivity index (χ1n) is 13.7. The number of carbonyl (C=O) groups excluding carboxylic acids is 3. The molecule has 9 heteroatoms. The molecule has 2 fully saturated rings. The van der Waals surface area contributed by atoms with E-state index in [0.29, 0.717) is 69.0 Å². The van der Waals surface area contributed by atoms with Crippen LogP contribution in [0.15, 0.2) is 48.0 Å². The molecule has 4 aliphatic rings. The Bertz CT molecular complexity index is 1380. The molecule has 2 saturated heterocycles. The van der Waals surface area contributed by atoms with Gasteiger partial charge in [-0.05, 0) is 43.2 Å². The first-order chi connectivity index (χ1) is 18.9. The fraction of sp³-hybridized carbons (Fsp3) is 0.433. The number of nitrogens with zero attached hydrogens (tertiary/aromatic N) is 3. The van der Waals surface area contributed by atoms with Gasteiger partial charge in [0.2, 0.25) is 0 Å². The van der Waals surface area contributed by atoms with Crippen molar-refractivity contribution in [2.75, 3.05) is 50.8 Å². The molecule has 0 aliphatic carbocycles. The van der Waals surface area contributed by atoms with Crippen molar-refractivity contribution in [1.29, 1.82) is 0 Å². The van der Waals surface area contributed by atoms with Crippen LogP contribution in [0.1, 0.15) is 37.0 Å². The number of aliphatic hydroxyl groups excluding tert-OH is 1. The van der Waals surface area contributed by atoms with E-state index in [4.69, 9.17) is 9.47 Å². The first kappa shape index (κ1) is 25.6. The van der Waals surface area contributed by atoms with Gasteiger partial charge in [-0.3, -0.25) is 19.3 Å². The third-order valence-electron chi connectivity index (χ3n) is 8.17. The summed E-state index contributed by atoms with van der Waals surface area (Å²) in [5.41, 5.74) is 0.592. The van der Waals surface area contributed by atoms with Crippen molar-refractivity contribution < 1.29 is 29.0 Å². The standard InChI is InChI=1S/C30H33N3O6/c1-3-10-32-23-7-5-4-6-22(23)30(29(32)37)25(26(34)20-8-9-24-21(18-20)17-19(2)39-24)27(35)28(36)33(30)12-11-31-13-15-38-16-14-31/h4-9,18-19,34H,3,10-17H2,1-2H3/t19-,30-/m0/s1. The number of amides is 2. The molecular weight excluding hydrogens is 498 g/mol. The van der Waals surface area contributed by atoms with Crippen LogP contribution in [0, 0.1) is 0 Å². The highest BCUT2D eigenvalue weighted by molar-refractivity contribution is 6.50. The molecule has 39 heavy (non-hydrogen) atoms. The number of likely N-dealkylation sites (tertiary alicyclic amines) is 1. The average Bonchev–Trinajstić information content (AvgIpc) is 3.51. The number of ether oxygens (including phenoxy) is 2. The van der Waals surface area contributed by atoms with Crippen molar-refractivity contribution in [2.24, 2.45) is 0 Å². The molecule has 2 aromatic carbocycles. The zero-order valence-corrected chi connectivity index (χ0v) is 22.3. The first-order valence-corrected chi connectivity index (χ1v) is 13.7. The largest absolute Gasteiger partial charge is 0.507 e. The number of para-hydroxylation sites is 1. The predicted octanol–water partition coefficient (Wildman–Crippen LogP) is 2.67. The van der Waals surface area contributed by atoms with E-state index in [1.165, 1.54) is 4.90 Å². The second-order valence-electron chi connectivity index (χ2n) is 10.6. The molecular formula is C30H33N3O6. The number of ketones is 1. The Balaban J connectivity index is 1.53. The van der Waals surface area contributed by atoms with Crippen LogP contribution in [0.4, 0.5) is 5.69 Å². The van der Waals surface area contributed by atoms with E-state index in [2.05, 4.69) is 4.90 Å². The van der Waals surface area contributed by atoms with Crippen LogP contribution < -0.4 is 9.64 Å². The minimum Gasteiger partial charge on any atom is -0.507 e. The second kappa shape index (κ2) is 9.81. The number of fused-ring (bicyclic) bond motifs is 3. The molecule has 0 saturated carbocycles. The molecule has 204 valence electrons. The lowest BCUT2D eigenvalue weighted by Gasteiger charge is -2.36. The van der Waals surface area contributed by atoms with Crippen molar-refractivity contribution in [3.8, 4) is 5.75 Å². The van der Waals surface area contributed by atoms with Gasteiger partial charge in [-0.15, -0.1) is 0 Å². The van der Waals surface area contributed by atoms with Gasteiger partial charge in [0.1, 0.15) is 17.6 Å². The van der Waals surface area contributed by atoms with E-state index < -0.39 is 17.2 Å². The third-order valence-corrected chi connectivity index (χ3v) is 8.17. The Hall–Kier alpha value is -3.69. The number of hydrogen-bond donors (Lipinski definition) is 1. The Labute approximate surface area is 227 Å². The van der Waals surface area contributed by atoms with Gasteiger partial charge in [-0.1, -0.05) is 25.1 Å². The fourth-order valence-corrected chi connectivity index (χ4v) is 6.39. The Morgan fingerprint density at radius 1 is 1.05 bits per heavy atom. The quantitative estimate of drug-likeness (QED) is 0.348. The minimum atomic E-state index is -1.74. The van der Waals surface area contributed by atoms with E-state index in [1.807, 2.05) is 26.0 Å². The molecule has 9 nitrogen and oxygen atoms in total. The van der Waals surface area contributed by atoms with Crippen LogP contribution >= 0.6 is 0 Å². The highest BCUT2D eigenvalue weighted by Crippen LogP contribution is 2.53. The number of morpholine rings is 1. The van der Waals surface area contributed by atoms with Crippen LogP contribution in [0.3, 0.4) is 0 Å². The maximum absolute atomic E-state index is 14.5. The normalized spacial score (nSPS) is 25.9. The topological polar surface area (TPSA) is 99.6 Å². The van der Waals surface area contributed by atoms with E-state index in [-0.39, 0.29) is 29.9 Å². The predicted molar refractivity (Wildman–Crippen MR) is 145 cm³/mol. The van der Waals surface area contributed by atoms with Crippen LogP contribution in [-0.4, -0.2) is 84.5 Å². The second-order valence-corrected chi connectivity index (χ2v) is 10.6. The van der Waals surface area contributed by atoms with Crippen LogP contribution in [-0.2, 0) is 31.1 Å². The molecule has 6 rings (SSSR count). The smallest absolute Gasteiger partial charge is 0.296 e. The summed E-state index contributed by atoms with van der Waals surface area (Å²) in [5, 5.41) is 11.8.